The molecule has 1 saturated heterocycles. The zero-order chi connectivity index (χ0) is 16.6. The summed E-state index contributed by atoms with van der Waals surface area (Å²) in [7, 11) is 0. The summed E-state index contributed by atoms with van der Waals surface area (Å²) < 4.78 is 5.76. The fraction of sp³-hybridized carbons (Fsp3) is 0.476. The normalized spacial score (nSPS) is 18.5. The van der Waals surface area contributed by atoms with Crippen molar-refractivity contribution in [3.63, 3.8) is 0 Å². The maximum Gasteiger partial charge on any atom is 0.119 e. The van der Waals surface area contributed by atoms with E-state index in [0.29, 0.717) is 6.04 Å². The molecule has 1 fully saturated rings. The minimum Gasteiger partial charge on any atom is -0.494 e. The maximum absolute atomic E-state index is 5.76. The number of aromatic nitrogens is 1. The van der Waals surface area contributed by atoms with Crippen molar-refractivity contribution >= 4 is 0 Å². The van der Waals surface area contributed by atoms with E-state index in [1.807, 2.05) is 18.5 Å². The van der Waals surface area contributed by atoms with Crippen LogP contribution in [0.1, 0.15) is 56.2 Å². The van der Waals surface area contributed by atoms with Gasteiger partial charge in [0.05, 0.1) is 6.61 Å². The first-order valence-corrected chi connectivity index (χ1v) is 9.22. The molecule has 1 aromatic carbocycles. The second kappa shape index (κ2) is 8.84. The molecule has 3 heteroatoms. The van der Waals surface area contributed by atoms with Gasteiger partial charge in [-0.3, -0.25) is 9.88 Å². The molecule has 1 aliphatic heterocycles. The number of likely N-dealkylation sites (tertiary alicyclic amines) is 1. The number of hydrogen-bond acceptors (Lipinski definition) is 3. The molecular formula is C21H28N2O. The Bertz CT molecular complexity index is 597. The topological polar surface area (TPSA) is 25.4 Å². The number of nitrogens with zero attached hydrogens (tertiary/aromatic N) is 2. The second-order valence-electron chi connectivity index (χ2n) is 6.61. The highest BCUT2D eigenvalue weighted by Gasteiger charge is 2.23. The number of ether oxygens (including phenoxy) is 1. The van der Waals surface area contributed by atoms with Crippen LogP contribution in [0.4, 0.5) is 0 Å². The fourth-order valence-corrected chi connectivity index (χ4v) is 3.39. The number of piperidine rings is 1. The van der Waals surface area contributed by atoms with Crippen LogP contribution < -0.4 is 4.74 Å². The molecule has 0 spiro atoms. The first kappa shape index (κ1) is 17.0. The lowest BCUT2D eigenvalue weighted by Gasteiger charge is -2.36. The molecule has 1 unspecified atom stereocenters. The van der Waals surface area contributed by atoms with Crippen molar-refractivity contribution in [1.82, 2.24) is 9.88 Å². The van der Waals surface area contributed by atoms with Gasteiger partial charge in [0.1, 0.15) is 5.75 Å². The predicted octanol–water partition coefficient (Wildman–Crippen LogP) is 4.99. The highest BCUT2D eigenvalue weighted by atomic mass is 16.5. The molecule has 0 bridgehead atoms. The maximum atomic E-state index is 5.76. The van der Waals surface area contributed by atoms with Gasteiger partial charge in [0, 0.05) is 25.0 Å². The molecule has 0 saturated carbocycles. The molecule has 128 valence electrons. The Hall–Kier alpha value is -1.87. The van der Waals surface area contributed by atoms with Crippen molar-refractivity contribution in [1.29, 1.82) is 0 Å². The highest BCUT2D eigenvalue weighted by molar-refractivity contribution is 5.27. The van der Waals surface area contributed by atoms with Gasteiger partial charge in [-0.05, 0) is 55.1 Å². The van der Waals surface area contributed by atoms with E-state index < -0.39 is 0 Å². The van der Waals surface area contributed by atoms with Crippen molar-refractivity contribution in [3.8, 4) is 5.75 Å². The van der Waals surface area contributed by atoms with Gasteiger partial charge in [-0.15, -0.1) is 0 Å². The van der Waals surface area contributed by atoms with Crippen molar-refractivity contribution in [2.24, 2.45) is 0 Å². The molecule has 0 aliphatic carbocycles. The quantitative estimate of drug-likeness (QED) is 0.671. The van der Waals surface area contributed by atoms with Gasteiger partial charge < -0.3 is 4.74 Å². The zero-order valence-corrected chi connectivity index (χ0v) is 14.7. The molecular weight excluding hydrogens is 296 g/mol. The largest absolute Gasteiger partial charge is 0.494 e. The van der Waals surface area contributed by atoms with Crippen molar-refractivity contribution in [2.45, 2.75) is 51.6 Å². The van der Waals surface area contributed by atoms with Gasteiger partial charge in [-0.25, -0.2) is 0 Å². The van der Waals surface area contributed by atoms with Gasteiger partial charge >= 0.3 is 0 Å². The Morgan fingerprint density at radius 3 is 2.79 bits per heavy atom. The van der Waals surface area contributed by atoms with Crippen LogP contribution in [0.2, 0.25) is 0 Å². The third kappa shape index (κ3) is 4.57. The highest BCUT2D eigenvalue weighted by Crippen LogP contribution is 2.31. The zero-order valence-electron chi connectivity index (χ0n) is 14.7. The number of pyridine rings is 1. The van der Waals surface area contributed by atoms with Crippen molar-refractivity contribution in [3.05, 3.63) is 59.9 Å². The van der Waals surface area contributed by atoms with E-state index in [0.717, 1.165) is 31.9 Å². The summed E-state index contributed by atoms with van der Waals surface area (Å²) in [6.45, 7) is 5.15. The van der Waals surface area contributed by atoms with Gasteiger partial charge in [-0.1, -0.05) is 38.0 Å². The monoisotopic (exact) mass is 324 g/mol. The summed E-state index contributed by atoms with van der Waals surface area (Å²) in [6, 6.07) is 13.4. The van der Waals surface area contributed by atoms with Gasteiger partial charge in [-0.2, -0.15) is 0 Å². The first-order valence-electron chi connectivity index (χ1n) is 9.22. The summed E-state index contributed by atoms with van der Waals surface area (Å²) in [4.78, 5) is 6.90. The Morgan fingerprint density at radius 2 is 2.04 bits per heavy atom. The van der Waals surface area contributed by atoms with E-state index in [2.05, 4.69) is 47.1 Å². The number of benzene rings is 1. The summed E-state index contributed by atoms with van der Waals surface area (Å²) in [5, 5.41) is 0. The Morgan fingerprint density at radius 1 is 1.17 bits per heavy atom. The third-order valence-corrected chi connectivity index (χ3v) is 4.76. The second-order valence-corrected chi connectivity index (χ2v) is 6.61. The third-order valence-electron chi connectivity index (χ3n) is 4.76. The molecule has 0 amide bonds. The number of unbranched alkanes of at least 4 members (excludes halogenated alkanes) is 1. The summed E-state index contributed by atoms with van der Waals surface area (Å²) in [6.07, 6.45) is 9.98. The standard InChI is InChI=1S/C21H28N2O/c1-2-3-15-24-20-11-9-18(10-12-20)17-23-14-5-4-8-21(23)19-7-6-13-22-16-19/h6-7,9-13,16,21H,2-5,8,14-15,17H2,1H3. The summed E-state index contributed by atoms with van der Waals surface area (Å²) in [5.41, 5.74) is 2.70. The molecule has 1 aliphatic rings. The average Bonchev–Trinajstić information content (AvgIpc) is 2.65. The molecule has 2 aromatic rings. The van der Waals surface area contributed by atoms with Gasteiger partial charge in [0.15, 0.2) is 0 Å². The van der Waals surface area contributed by atoms with Crippen LogP contribution in [-0.2, 0) is 6.54 Å². The van der Waals surface area contributed by atoms with Gasteiger partial charge in [0.2, 0.25) is 0 Å². The average molecular weight is 324 g/mol. The van der Waals surface area contributed by atoms with E-state index in [-0.39, 0.29) is 0 Å². The van der Waals surface area contributed by atoms with Crippen LogP contribution in [-0.4, -0.2) is 23.0 Å². The van der Waals surface area contributed by atoms with Crippen LogP contribution in [0.25, 0.3) is 0 Å². The molecule has 1 atom stereocenters. The Kier molecular flexibility index (Phi) is 6.25. The van der Waals surface area contributed by atoms with E-state index in [1.54, 1.807) is 0 Å². The molecule has 0 N–H and O–H groups in total. The molecule has 3 nitrogen and oxygen atoms in total. The molecule has 3 rings (SSSR count). The minimum atomic E-state index is 0.493. The van der Waals surface area contributed by atoms with Crippen molar-refractivity contribution < 1.29 is 4.74 Å². The van der Waals surface area contributed by atoms with Crippen LogP contribution >= 0.6 is 0 Å². The van der Waals surface area contributed by atoms with E-state index in [4.69, 9.17) is 4.74 Å². The molecule has 2 heterocycles. The molecule has 1 aromatic heterocycles. The van der Waals surface area contributed by atoms with Crippen LogP contribution in [0.5, 0.6) is 5.75 Å². The van der Waals surface area contributed by atoms with Crippen LogP contribution in [0.15, 0.2) is 48.8 Å². The summed E-state index contributed by atoms with van der Waals surface area (Å²) >= 11 is 0. The van der Waals surface area contributed by atoms with Gasteiger partial charge in [0.25, 0.3) is 0 Å². The van der Waals surface area contributed by atoms with Crippen molar-refractivity contribution in [2.75, 3.05) is 13.2 Å². The lowest BCUT2D eigenvalue weighted by molar-refractivity contribution is 0.140. The molecule has 0 radical (unpaired) electrons. The SMILES string of the molecule is CCCCOc1ccc(CN2CCCCC2c2cccnc2)cc1. The smallest absolute Gasteiger partial charge is 0.119 e. The predicted molar refractivity (Wildman–Crippen MR) is 98.1 cm³/mol. The minimum absolute atomic E-state index is 0.493. The fourth-order valence-electron chi connectivity index (χ4n) is 3.39. The lowest BCUT2D eigenvalue weighted by atomic mass is 9.96. The first-order chi connectivity index (χ1) is 11.9. The van der Waals surface area contributed by atoms with E-state index >= 15 is 0 Å². The van der Waals surface area contributed by atoms with E-state index in [1.165, 1.54) is 36.8 Å². The summed E-state index contributed by atoms with van der Waals surface area (Å²) in [5.74, 6) is 0.981. The Labute approximate surface area is 145 Å². The van der Waals surface area contributed by atoms with E-state index in [9.17, 15) is 0 Å². The van der Waals surface area contributed by atoms with Crippen LogP contribution in [0.3, 0.4) is 0 Å². The Balaban J connectivity index is 1.63. The lowest BCUT2D eigenvalue weighted by Crippen LogP contribution is -2.32. The van der Waals surface area contributed by atoms with Crippen LogP contribution in [0, 0.1) is 0 Å². The number of rotatable bonds is 7. The molecule has 24 heavy (non-hydrogen) atoms. The number of hydrogen-bond donors (Lipinski definition) is 0.